The summed E-state index contributed by atoms with van der Waals surface area (Å²) in [5.41, 5.74) is 1.01. The standard InChI is InChI=1S/C17H22FN5O/c1-12-20-21-16(22(12)2)10-19-17(24)15-4-3-9-23(15)11-13-5-7-14(18)8-6-13/h5-8,15H,3-4,9-11H2,1-2H3,(H,19,24)/t15-/m0/s1. The average Bonchev–Trinajstić information content (AvgIpc) is 3.16. The Kier molecular flexibility index (Phi) is 4.89. The van der Waals surface area contributed by atoms with Gasteiger partial charge in [0, 0.05) is 13.6 Å². The molecule has 0 bridgehead atoms. The maximum absolute atomic E-state index is 13.0. The number of benzene rings is 1. The van der Waals surface area contributed by atoms with E-state index in [1.165, 1.54) is 12.1 Å². The molecule has 1 atom stereocenters. The first kappa shape index (κ1) is 16.6. The molecule has 128 valence electrons. The smallest absolute Gasteiger partial charge is 0.237 e. The van der Waals surface area contributed by atoms with Crippen LogP contribution in [0.4, 0.5) is 4.39 Å². The molecule has 1 aromatic heterocycles. The van der Waals surface area contributed by atoms with Crippen molar-refractivity contribution in [3.63, 3.8) is 0 Å². The van der Waals surface area contributed by atoms with Gasteiger partial charge in [0.1, 0.15) is 11.6 Å². The topological polar surface area (TPSA) is 63.1 Å². The number of aryl methyl sites for hydroxylation is 1. The van der Waals surface area contributed by atoms with Crippen LogP contribution in [-0.2, 0) is 24.9 Å². The van der Waals surface area contributed by atoms with Crippen LogP contribution >= 0.6 is 0 Å². The second kappa shape index (κ2) is 7.09. The van der Waals surface area contributed by atoms with Gasteiger partial charge in [-0.05, 0) is 44.0 Å². The predicted octanol–water partition coefficient (Wildman–Crippen LogP) is 1.54. The number of carbonyl (C=O) groups excluding carboxylic acids is 1. The fourth-order valence-electron chi connectivity index (χ4n) is 3.03. The van der Waals surface area contributed by atoms with Crippen LogP contribution in [0.1, 0.15) is 30.1 Å². The second-order valence-corrected chi connectivity index (χ2v) is 6.20. The number of carbonyl (C=O) groups is 1. The number of nitrogens with zero attached hydrogens (tertiary/aromatic N) is 4. The zero-order chi connectivity index (χ0) is 17.1. The van der Waals surface area contributed by atoms with Crippen molar-refractivity contribution in [2.24, 2.45) is 7.05 Å². The van der Waals surface area contributed by atoms with Gasteiger partial charge < -0.3 is 9.88 Å². The molecule has 1 aliphatic rings. The zero-order valence-electron chi connectivity index (χ0n) is 14.0. The molecule has 0 radical (unpaired) electrons. The summed E-state index contributed by atoms with van der Waals surface area (Å²) in [4.78, 5) is 14.7. The third kappa shape index (κ3) is 3.62. The van der Waals surface area contributed by atoms with E-state index < -0.39 is 0 Å². The molecule has 0 aliphatic carbocycles. The Hall–Kier alpha value is -2.28. The highest BCUT2D eigenvalue weighted by Gasteiger charge is 2.30. The number of hydrogen-bond acceptors (Lipinski definition) is 4. The van der Waals surface area contributed by atoms with Gasteiger partial charge in [-0.3, -0.25) is 9.69 Å². The lowest BCUT2D eigenvalue weighted by Gasteiger charge is -2.23. The van der Waals surface area contributed by atoms with Crippen LogP contribution < -0.4 is 5.32 Å². The molecule has 1 N–H and O–H groups in total. The number of aromatic nitrogens is 3. The first-order valence-electron chi connectivity index (χ1n) is 8.15. The van der Waals surface area contributed by atoms with Crippen molar-refractivity contribution in [3.05, 3.63) is 47.3 Å². The second-order valence-electron chi connectivity index (χ2n) is 6.20. The summed E-state index contributed by atoms with van der Waals surface area (Å²) >= 11 is 0. The molecular weight excluding hydrogens is 309 g/mol. The van der Waals surface area contributed by atoms with Gasteiger partial charge in [-0.2, -0.15) is 0 Å². The van der Waals surface area contributed by atoms with Crippen LogP contribution in [0, 0.1) is 12.7 Å². The summed E-state index contributed by atoms with van der Waals surface area (Å²) in [6.07, 6.45) is 1.83. The number of amides is 1. The minimum absolute atomic E-state index is 0.00950. The number of rotatable bonds is 5. The number of hydrogen-bond donors (Lipinski definition) is 1. The van der Waals surface area contributed by atoms with Crippen LogP contribution in [0.2, 0.25) is 0 Å². The Labute approximate surface area is 140 Å². The molecule has 2 aromatic rings. The first-order valence-corrected chi connectivity index (χ1v) is 8.15. The molecule has 3 rings (SSSR count). The maximum Gasteiger partial charge on any atom is 0.237 e. The van der Waals surface area contributed by atoms with Gasteiger partial charge in [-0.15, -0.1) is 10.2 Å². The van der Waals surface area contributed by atoms with E-state index in [4.69, 9.17) is 0 Å². The molecule has 6 nitrogen and oxygen atoms in total. The van der Waals surface area contributed by atoms with E-state index in [1.54, 1.807) is 12.1 Å². The molecule has 1 aromatic carbocycles. The number of likely N-dealkylation sites (tertiary alicyclic amines) is 1. The Bertz CT molecular complexity index is 712. The van der Waals surface area contributed by atoms with Crippen molar-refractivity contribution >= 4 is 5.91 Å². The quantitative estimate of drug-likeness (QED) is 0.903. The van der Waals surface area contributed by atoms with E-state index in [1.807, 2.05) is 18.5 Å². The highest BCUT2D eigenvalue weighted by atomic mass is 19.1. The lowest BCUT2D eigenvalue weighted by molar-refractivity contribution is -0.125. The van der Waals surface area contributed by atoms with Crippen molar-refractivity contribution in [1.82, 2.24) is 25.0 Å². The van der Waals surface area contributed by atoms with E-state index in [2.05, 4.69) is 20.4 Å². The normalized spacial score (nSPS) is 18.0. The minimum atomic E-state index is -0.242. The molecule has 0 saturated carbocycles. The Morgan fingerprint density at radius 2 is 2.08 bits per heavy atom. The summed E-state index contributed by atoms with van der Waals surface area (Å²) in [7, 11) is 1.88. The predicted molar refractivity (Wildman–Crippen MR) is 87.4 cm³/mol. The fraction of sp³-hybridized carbons (Fsp3) is 0.471. The van der Waals surface area contributed by atoms with Crippen LogP contribution in [-0.4, -0.2) is 38.2 Å². The van der Waals surface area contributed by atoms with Gasteiger partial charge in [0.2, 0.25) is 5.91 Å². The summed E-state index contributed by atoms with van der Waals surface area (Å²) < 4.78 is 14.9. The Balaban J connectivity index is 1.59. The van der Waals surface area contributed by atoms with E-state index in [9.17, 15) is 9.18 Å². The van der Waals surface area contributed by atoms with Gasteiger partial charge in [0.15, 0.2) is 5.82 Å². The van der Waals surface area contributed by atoms with Crippen LogP contribution in [0.5, 0.6) is 0 Å². The summed E-state index contributed by atoms with van der Waals surface area (Å²) in [5, 5.41) is 11.0. The fourth-order valence-corrected chi connectivity index (χ4v) is 3.03. The van der Waals surface area contributed by atoms with Crippen molar-refractivity contribution in [2.75, 3.05) is 6.54 Å². The van der Waals surface area contributed by atoms with E-state index in [0.717, 1.165) is 36.6 Å². The van der Waals surface area contributed by atoms with Crippen molar-refractivity contribution < 1.29 is 9.18 Å². The monoisotopic (exact) mass is 331 g/mol. The van der Waals surface area contributed by atoms with Crippen LogP contribution in [0.3, 0.4) is 0 Å². The maximum atomic E-state index is 13.0. The van der Waals surface area contributed by atoms with Gasteiger partial charge in [0.05, 0.1) is 12.6 Å². The van der Waals surface area contributed by atoms with Gasteiger partial charge in [-0.25, -0.2) is 4.39 Å². The van der Waals surface area contributed by atoms with Crippen molar-refractivity contribution in [2.45, 2.75) is 38.9 Å². The van der Waals surface area contributed by atoms with Gasteiger partial charge in [-0.1, -0.05) is 12.1 Å². The molecule has 7 heteroatoms. The zero-order valence-corrected chi connectivity index (χ0v) is 14.0. The summed E-state index contributed by atoms with van der Waals surface area (Å²) in [5.74, 6) is 1.32. The molecule has 0 spiro atoms. The molecule has 0 unspecified atom stereocenters. The lowest BCUT2D eigenvalue weighted by Crippen LogP contribution is -2.42. The molecule has 1 amide bonds. The first-order chi connectivity index (χ1) is 11.5. The van der Waals surface area contributed by atoms with Crippen LogP contribution in [0.15, 0.2) is 24.3 Å². The van der Waals surface area contributed by atoms with Crippen LogP contribution in [0.25, 0.3) is 0 Å². The Morgan fingerprint density at radius 1 is 1.33 bits per heavy atom. The van der Waals surface area contributed by atoms with E-state index in [-0.39, 0.29) is 17.8 Å². The van der Waals surface area contributed by atoms with E-state index >= 15 is 0 Å². The third-order valence-corrected chi connectivity index (χ3v) is 4.57. The highest BCUT2D eigenvalue weighted by Crippen LogP contribution is 2.20. The molecule has 1 saturated heterocycles. The van der Waals surface area contributed by atoms with E-state index in [0.29, 0.717) is 13.1 Å². The minimum Gasteiger partial charge on any atom is -0.347 e. The molecule has 1 fully saturated rings. The summed E-state index contributed by atoms with van der Waals surface area (Å²) in [6, 6.07) is 6.30. The summed E-state index contributed by atoms with van der Waals surface area (Å²) in [6.45, 7) is 3.77. The third-order valence-electron chi connectivity index (χ3n) is 4.57. The number of halogens is 1. The molecular formula is C17H22FN5O. The van der Waals surface area contributed by atoms with Crippen molar-refractivity contribution in [3.8, 4) is 0 Å². The van der Waals surface area contributed by atoms with Gasteiger partial charge in [0.25, 0.3) is 0 Å². The average molecular weight is 331 g/mol. The molecule has 2 heterocycles. The van der Waals surface area contributed by atoms with Gasteiger partial charge >= 0.3 is 0 Å². The Morgan fingerprint density at radius 3 is 2.75 bits per heavy atom. The SMILES string of the molecule is Cc1nnc(CNC(=O)[C@@H]2CCCN2Cc2ccc(F)cc2)n1C. The lowest BCUT2D eigenvalue weighted by atomic mass is 10.1. The van der Waals surface area contributed by atoms with Crippen molar-refractivity contribution in [1.29, 1.82) is 0 Å². The molecule has 1 aliphatic heterocycles. The highest BCUT2D eigenvalue weighted by molar-refractivity contribution is 5.81. The molecule has 24 heavy (non-hydrogen) atoms. The largest absolute Gasteiger partial charge is 0.347 e. The number of nitrogens with one attached hydrogen (secondary N) is 1.